The van der Waals surface area contributed by atoms with Gasteiger partial charge < -0.3 is 10.2 Å². The van der Waals surface area contributed by atoms with Crippen molar-refractivity contribution in [3.63, 3.8) is 0 Å². The summed E-state index contributed by atoms with van der Waals surface area (Å²) in [5.74, 6) is 1.42. The maximum atomic E-state index is 11.8. The van der Waals surface area contributed by atoms with Gasteiger partial charge in [-0.1, -0.05) is 0 Å². The highest BCUT2D eigenvalue weighted by Gasteiger charge is 2.21. The second-order valence-corrected chi connectivity index (χ2v) is 4.72. The van der Waals surface area contributed by atoms with Crippen molar-refractivity contribution in [1.82, 2.24) is 10.2 Å². The molecule has 3 nitrogen and oxygen atoms in total. The molecular weight excluding hydrogens is 232 g/mol. The molecule has 90 valence electrons. The number of piperazine rings is 1. The van der Waals surface area contributed by atoms with E-state index in [4.69, 9.17) is 0 Å². The van der Waals surface area contributed by atoms with Crippen molar-refractivity contribution in [2.45, 2.75) is 25.8 Å². The Bertz CT molecular complexity index is 192. The molecule has 0 bridgehead atoms. The van der Waals surface area contributed by atoms with E-state index in [-0.39, 0.29) is 12.4 Å². The number of hydrogen-bond acceptors (Lipinski definition) is 3. The predicted molar refractivity (Wildman–Crippen MR) is 68.9 cm³/mol. The standard InChI is InChI=1S/C10H20N2OS.ClH/c1-9-8-11-5-6-12(9)10(13)4-3-7-14-2;/h9,11H,3-8H2,1-2H3;1H. The molecular formula is C10H21ClN2OS. The molecule has 1 amide bonds. The van der Waals surface area contributed by atoms with Crippen molar-refractivity contribution in [3.05, 3.63) is 0 Å². The average molecular weight is 253 g/mol. The lowest BCUT2D eigenvalue weighted by molar-refractivity contribution is -0.133. The fraction of sp³-hybridized carbons (Fsp3) is 0.900. The normalized spacial score (nSPS) is 20.9. The van der Waals surface area contributed by atoms with Crippen LogP contribution in [-0.2, 0) is 4.79 Å². The summed E-state index contributed by atoms with van der Waals surface area (Å²) in [6.07, 6.45) is 3.81. The van der Waals surface area contributed by atoms with Crippen LogP contribution in [-0.4, -0.2) is 48.5 Å². The van der Waals surface area contributed by atoms with Crippen LogP contribution in [0.3, 0.4) is 0 Å². The van der Waals surface area contributed by atoms with Crippen LogP contribution in [0.2, 0.25) is 0 Å². The van der Waals surface area contributed by atoms with Crippen molar-refractivity contribution in [1.29, 1.82) is 0 Å². The lowest BCUT2D eigenvalue weighted by Gasteiger charge is -2.34. The number of nitrogens with one attached hydrogen (secondary N) is 1. The molecule has 1 aliphatic rings. The van der Waals surface area contributed by atoms with Crippen LogP contribution in [0.25, 0.3) is 0 Å². The number of thioether (sulfide) groups is 1. The highest BCUT2D eigenvalue weighted by molar-refractivity contribution is 7.98. The molecule has 0 aromatic heterocycles. The maximum Gasteiger partial charge on any atom is 0.222 e. The van der Waals surface area contributed by atoms with E-state index in [9.17, 15) is 4.79 Å². The van der Waals surface area contributed by atoms with Gasteiger partial charge in [0.2, 0.25) is 5.91 Å². The molecule has 1 atom stereocenters. The van der Waals surface area contributed by atoms with E-state index in [1.54, 1.807) is 0 Å². The van der Waals surface area contributed by atoms with Crippen LogP contribution < -0.4 is 5.32 Å². The first-order valence-corrected chi connectivity index (χ1v) is 6.64. The third-order valence-electron chi connectivity index (χ3n) is 2.56. The monoisotopic (exact) mass is 252 g/mol. The van der Waals surface area contributed by atoms with Gasteiger partial charge >= 0.3 is 0 Å². The first-order chi connectivity index (χ1) is 6.75. The van der Waals surface area contributed by atoms with Crippen LogP contribution in [0.4, 0.5) is 0 Å². The Kier molecular flexibility index (Phi) is 8.29. The molecule has 1 aliphatic heterocycles. The Morgan fingerprint density at radius 3 is 2.93 bits per heavy atom. The molecule has 1 saturated heterocycles. The first kappa shape index (κ1) is 15.1. The molecule has 1 fully saturated rings. The number of carbonyl (C=O) groups excluding carboxylic acids is 1. The van der Waals surface area contributed by atoms with E-state index in [1.165, 1.54) is 0 Å². The van der Waals surface area contributed by atoms with E-state index < -0.39 is 0 Å². The summed E-state index contributed by atoms with van der Waals surface area (Å²) >= 11 is 1.81. The highest BCUT2D eigenvalue weighted by atomic mass is 35.5. The van der Waals surface area contributed by atoms with Crippen LogP contribution in [0, 0.1) is 0 Å². The maximum absolute atomic E-state index is 11.8. The zero-order valence-electron chi connectivity index (χ0n) is 9.49. The van der Waals surface area contributed by atoms with Crippen molar-refractivity contribution in [3.8, 4) is 0 Å². The van der Waals surface area contributed by atoms with Gasteiger partial charge in [0, 0.05) is 32.1 Å². The van der Waals surface area contributed by atoms with Gasteiger partial charge in [0.15, 0.2) is 0 Å². The smallest absolute Gasteiger partial charge is 0.222 e. The van der Waals surface area contributed by atoms with Gasteiger partial charge in [0.25, 0.3) is 0 Å². The molecule has 0 saturated carbocycles. The van der Waals surface area contributed by atoms with Crippen molar-refractivity contribution in [2.75, 3.05) is 31.6 Å². The molecule has 0 spiro atoms. The number of halogens is 1. The Morgan fingerprint density at radius 2 is 2.33 bits per heavy atom. The van der Waals surface area contributed by atoms with Crippen LogP contribution in [0.15, 0.2) is 0 Å². The highest BCUT2D eigenvalue weighted by Crippen LogP contribution is 2.08. The van der Waals surface area contributed by atoms with E-state index in [2.05, 4.69) is 18.5 Å². The Morgan fingerprint density at radius 1 is 1.60 bits per heavy atom. The minimum absolute atomic E-state index is 0. The largest absolute Gasteiger partial charge is 0.337 e. The summed E-state index contributed by atoms with van der Waals surface area (Å²) in [6, 6.07) is 0.366. The minimum atomic E-state index is 0. The molecule has 0 aromatic rings. The molecule has 0 aromatic carbocycles. The fourth-order valence-electron chi connectivity index (χ4n) is 1.72. The van der Waals surface area contributed by atoms with Gasteiger partial charge in [0.1, 0.15) is 0 Å². The van der Waals surface area contributed by atoms with Crippen LogP contribution in [0.5, 0.6) is 0 Å². The van der Waals surface area contributed by atoms with Gasteiger partial charge in [0.05, 0.1) is 0 Å². The third kappa shape index (κ3) is 5.09. The summed E-state index contributed by atoms with van der Waals surface area (Å²) in [6.45, 7) is 4.87. The Hall–Kier alpha value is 0.0700. The number of amides is 1. The third-order valence-corrected chi connectivity index (χ3v) is 3.26. The van der Waals surface area contributed by atoms with E-state index in [1.807, 2.05) is 16.7 Å². The van der Waals surface area contributed by atoms with Crippen LogP contribution >= 0.6 is 24.2 Å². The molecule has 15 heavy (non-hydrogen) atoms. The molecule has 0 aliphatic carbocycles. The number of hydrogen-bond donors (Lipinski definition) is 1. The summed E-state index contributed by atoms with van der Waals surface area (Å²) in [7, 11) is 0. The fourth-order valence-corrected chi connectivity index (χ4v) is 2.16. The lowest BCUT2D eigenvalue weighted by atomic mass is 10.2. The van der Waals surface area contributed by atoms with Crippen molar-refractivity contribution in [2.24, 2.45) is 0 Å². The summed E-state index contributed by atoms with van der Waals surface area (Å²) in [5, 5.41) is 3.29. The van der Waals surface area contributed by atoms with Crippen LogP contribution in [0.1, 0.15) is 19.8 Å². The number of nitrogens with zero attached hydrogens (tertiary/aromatic N) is 1. The molecule has 0 radical (unpaired) electrons. The summed E-state index contributed by atoms with van der Waals surface area (Å²) in [5.41, 5.74) is 0. The predicted octanol–water partition coefficient (Wildman–Crippen LogP) is 1.37. The number of carbonyl (C=O) groups is 1. The quantitative estimate of drug-likeness (QED) is 0.768. The first-order valence-electron chi connectivity index (χ1n) is 5.25. The second kappa shape index (κ2) is 8.25. The van der Waals surface area contributed by atoms with E-state index >= 15 is 0 Å². The van der Waals surface area contributed by atoms with Crippen molar-refractivity contribution < 1.29 is 4.79 Å². The number of rotatable bonds is 4. The van der Waals surface area contributed by atoms with Gasteiger partial charge in [-0.05, 0) is 25.4 Å². The SMILES string of the molecule is CSCCCC(=O)N1CCNCC1C.Cl. The summed E-state index contributed by atoms with van der Waals surface area (Å²) in [4.78, 5) is 13.8. The Labute approximate surface area is 103 Å². The Balaban J connectivity index is 0.00000196. The molecule has 1 N–H and O–H groups in total. The summed E-state index contributed by atoms with van der Waals surface area (Å²) < 4.78 is 0. The zero-order chi connectivity index (χ0) is 10.4. The van der Waals surface area contributed by atoms with Crippen molar-refractivity contribution >= 4 is 30.1 Å². The average Bonchev–Trinajstić information content (AvgIpc) is 2.18. The zero-order valence-corrected chi connectivity index (χ0v) is 11.1. The van der Waals surface area contributed by atoms with Gasteiger partial charge in [-0.3, -0.25) is 4.79 Å². The second-order valence-electron chi connectivity index (χ2n) is 3.74. The molecule has 1 heterocycles. The van der Waals surface area contributed by atoms with Gasteiger partial charge in [-0.25, -0.2) is 0 Å². The molecule has 1 unspecified atom stereocenters. The van der Waals surface area contributed by atoms with Gasteiger partial charge in [-0.2, -0.15) is 11.8 Å². The van der Waals surface area contributed by atoms with E-state index in [0.717, 1.165) is 31.8 Å². The van der Waals surface area contributed by atoms with E-state index in [0.29, 0.717) is 18.4 Å². The topological polar surface area (TPSA) is 32.3 Å². The molecule has 5 heteroatoms. The minimum Gasteiger partial charge on any atom is -0.337 e. The lowest BCUT2D eigenvalue weighted by Crippen LogP contribution is -2.52. The van der Waals surface area contributed by atoms with Gasteiger partial charge in [-0.15, -0.1) is 12.4 Å². The molecule has 1 rings (SSSR count).